The van der Waals surface area contributed by atoms with Crippen molar-refractivity contribution < 1.29 is 4.79 Å². The Balaban J connectivity index is 1.31. The molecule has 0 N–H and O–H groups in total. The highest BCUT2D eigenvalue weighted by Crippen LogP contribution is 2.26. The van der Waals surface area contributed by atoms with E-state index in [0.717, 1.165) is 47.5 Å². The van der Waals surface area contributed by atoms with Gasteiger partial charge in [-0.3, -0.25) is 4.79 Å². The SMILES string of the molecule is Cc1csc(SCc2ccc(C(=O)N3CCN(c4ccccc4)CC3)cc2)n1. The maximum atomic E-state index is 12.8. The molecule has 28 heavy (non-hydrogen) atoms. The Morgan fingerprint density at radius 1 is 1.04 bits per heavy atom. The third-order valence-electron chi connectivity index (χ3n) is 4.85. The quantitative estimate of drug-likeness (QED) is 0.572. The largest absolute Gasteiger partial charge is 0.368 e. The second-order valence-electron chi connectivity index (χ2n) is 6.86. The van der Waals surface area contributed by atoms with Crippen LogP contribution in [0.1, 0.15) is 21.6 Å². The number of piperazine rings is 1. The van der Waals surface area contributed by atoms with Crippen LogP contribution < -0.4 is 4.90 Å². The van der Waals surface area contributed by atoms with Gasteiger partial charge >= 0.3 is 0 Å². The summed E-state index contributed by atoms with van der Waals surface area (Å²) in [5.74, 6) is 0.999. The van der Waals surface area contributed by atoms with Crippen LogP contribution in [0.3, 0.4) is 0 Å². The minimum absolute atomic E-state index is 0.127. The van der Waals surface area contributed by atoms with Crippen LogP contribution in [0.2, 0.25) is 0 Å². The highest BCUT2D eigenvalue weighted by Gasteiger charge is 2.22. The third-order valence-corrected chi connectivity index (χ3v) is 7.06. The summed E-state index contributed by atoms with van der Waals surface area (Å²) in [4.78, 5) is 21.6. The van der Waals surface area contributed by atoms with E-state index in [0.29, 0.717) is 0 Å². The van der Waals surface area contributed by atoms with Crippen molar-refractivity contribution in [2.45, 2.75) is 17.0 Å². The zero-order valence-corrected chi connectivity index (χ0v) is 17.5. The molecule has 0 spiro atoms. The molecule has 1 aliphatic heterocycles. The van der Waals surface area contributed by atoms with Crippen LogP contribution in [0.25, 0.3) is 0 Å². The summed E-state index contributed by atoms with van der Waals surface area (Å²) in [5.41, 5.74) is 4.28. The number of rotatable bonds is 5. The molecular formula is C22H23N3OS2. The van der Waals surface area contributed by atoms with E-state index in [1.165, 1.54) is 11.3 Å². The molecule has 4 nitrogen and oxygen atoms in total. The van der Waals surface area contributed by atoms with E-state index in [4.69, 9.17) is 0 Å². The van der Waals surface area contributed by atoms with Crippen LogP contribution in [-0.4, -0.2) is 42.0 Å². The average Bonchev–Trinajstić information content (AvgIpc) is 3.18. The highest BCUT2D eigenvalue weighted by molar-refractivity contribution is 8.00. The molecule has 0 atom stereocenters. The van der Waals surface area contributed by atoms with E-state index in [9.17, 15) is 4.79 Å². The van der Waals surface area contributed by atoms with Crippen molar-refractivity contribution in [2.75, 3.05) is 31.1 Å². The molecule has 2 heterocycles. The smallest absolute Gasteiger partial charge is 0.253 e. The van der Waals surface area contributed by atoms with Crippen LogP contribution in [0, 0.1) is 6.92 Å². The fraction of sp³-hybridized carbons (Fsp3) is 0.273. The van der Waals surface area contributed by atoms with Gasteiger partial charge < -0.3 is 9.80 Å². The number of carbonyl (C=O) groups excluding carboxylic acids is 1. The van der Waals surface area contributed by atoms with Crippen LogP contribution >= 0.6 is 23.1 Å². The number of anilines is 1. The summed E-state index contributed by atoms with van der Waals surface area (Å²) >= 11 is 3.42. The molecule has 6 heteroatoms. The van der Waals surface area contributed by atoms with Crippen LogP contribution in [0.4, 0.5) is 5.69 Å². The summed E-state index contributed by atoms with van der Waals surface area (Å²) in [5, 5.41) is 2.07. The topological polar surface area (TPSA) is 36.4 Å². The molecule has 1 amide bonds. The van der Waals surface area contributed by atoms with Gasteiger partial charge in [0.1, 0.15) is 4.34 Å². The normalized spacial score (nSPS) is 14.3. The molecule has 0 aliphatic carbocycles. The number of para-hydroxylation sites is 1. The summed E-state index contributed by atoms with van der Waals surface area (Å²) in [6.07, 6.45) is 0. The Labute approximate surface area is 174 Å². The fourth-order valence-corrected chi connectivity index (χ4v) is 5.08. The molecule has 144 valence electrons. The van der Waals surface area contributed by atoms with Crippen molar-refractivity contribution in [2.24, 2.45) is 0 Å². The van der Waals surface area contributed by atoms with E-state index >= 15 is 0 Å². The first kappa shape index (κ1) is 19.0. The Bertz CT molecular complexity index is 916. The number of thioether (sulfide) groups is 1. The van der Waals surface area contributed by atoms with E-state index in [-0.39, 0.29) is 5.91 Å². The number of nitrogens with zero attached hydrogens (tertiary/aromatic N) is 3. The Kier molecular flexibility index (Phi) is 5.98. The monoisotopic (exact) mass is 409 g/mol. The van der Waals surface area contributed by atoms with Crippen molar-refractivity contribution in [3.05, 3.63) is 76.8 Å². The van der Waals surface area contributed by atoms with Crippen molar-refractivity contribution in [3.8, 4) is 0 Å². The van der Waals surface area contributed by atoms with Crippen molar-refractivity contribution >= 4 is 34.7 Å². The van der Waals surface area contributed by atoms with Crippen molar-refractivity contribution in [1.29, 1.82) is 0 Å². The molecular weight excluding hydrogens is 386 g/mol. The van der Waals surface area contributed by atoms with Gasteiger partial charge in [-0.05, 0) is 36.8 Å². The number of benzene rings is 2. The van der Waals surface area contributed by atoms with Crippen LogP contribution in [-0.2, 0) is 5.75 Å². The number of aromatic nitrogens is 1. The summed E-state index contributed by atoms with van der Waals surface area (Å²) in [6, 6.07) is 18.4. The highest BCUT2D eigenvalue weighted by atomic mass is 32.2. The number of thiazole rings is 1. The van der Waals surface area contributed by atoms with Gasteiger partial charge in [-0.15, -0.1) is 11.3 Å². The lowest BCUT2D eigenvalue weighted by molar-refractivity contribution is 0.0747. The van der Waals surface area contributed by atoms with Gasteiger partial charge in [0, 0.05) is 54.3 Å². The van der Waals surface area contributed by atoms with E-state index < -0.39 is 0 Å². The molecule has 3 aromatic rings. The van der Waals surface area contributed by atoms with Crippen molar-refractivity contribution in [1.82, 2.24) is 9.88 Å². The summed E-state index contributed by atoms with van der Waals surface area (Å²) in [7, 11) is 0. The van der Waals surface area contributed by atoms with Crippen molar-refractivity contribution in [3.63, 3.8) is 0 Å². The minimum Gasteiger partial charge on any atom is -0.368 e. The molecule has 1 aromatic heterocycles. The van der Waals surface area contributed by atoms with Gasteiger partial charge in [0.25, 0.3) is 5.91 Å². The maximum absolute atomic E-state index is 12.8. The molecule has 1 fully saturated rings. The number of hydrogen-bond acceptors (Lipinski definition) is 5. The molecule has 0 bridgehead atoms. The zero-order valence-electron chi connectivity index (χ0n) is 15.9. The summed E-state index contributed by atoms with van der Waals surface area (Å²) in [6.45, 7) is 5.28. The molecule has 0 radical (unpaired) electrons. The van der Waals surface area contributed by atoms with Gasteiger partial charge in [-0.25, -0.2) is 4.98 Å². The standard InChI is InChI=1S/C22H23N3OS2/c1-17-15-27-22(23-17)28-16-18-7-9-19(10-8-18)21(26)25-13-11-24(12-14-25)20-5-3-2-4-6-20/h2-10,15H,11-14,16H2,1H3. The lowest BCUT2D eigenvalue weighted by Gasteiger charge is -2.36. The molecule has 1 saturated heterocycles. The van der Waals surface area contributed by atoms with Gasteiger partial charge in [-0.2, -0.15) is 0 Å². The maximum Gasteiger partial charge on any atom is 0.253 e. The second-order valence-corrected chi connectivity index (χ2v) is 8.94. The summed E-state index contributed by atoms with van der Waals surface area (Å²) < 4.78 is 1.09. The molecule has 2 aromatic carbocycles. The Hall–Kier alpha value is -2.31. The molecule has 4 rings (SSSR count). The first-order valence-electron chi connectivity index (χ1n) is 9.42. The predicted molar refractivity (Wildman–Crippen MR) is 117 cm³/mol. The number of carbonyl (C=O) groups is 1. The first-order valence-corrected chi connectivity index (χ1v) is 11.3. The van der Waals surface area contributed by atoms with Gasteiger partial charge in [0.2, 0.25) is 0 Å². The van der Waals surface area contributed by atoms with E-state index in [1.807, 2.05) is 30.0 Å². The second kappa shape index (κ2) is 8.80. The van der Waals surface area contributed by atoms with Gasteiger partial charge in [-0.1, -0.05) is 42.1 Å². The van der Waals surface area contributed by atoms with E-state index in [2.05, 4.69) is 51.7 Å². The molecule has 1 aliphatic rings. The lowest BCUT2D eigenvalue weighted by Crippen LogP contribution is -2.48. The molecule has 0 unspecified atom stereocenters. The lowest BCUT2D eigenvalue weighted by atomic mass is 10.1. The third kappa shape index (κ3) is 4.56. The van der Waals surface area contributed by atoms with Crippen LogP contribution in [0.5, 0.6) is 0 Å². The van der Waals surface area contributed by atoms with Crippen LogP contribution in [0.15, 0.2) is 64.3 Å². The Morgan fingerprint density at radius 3 is 2.39 bits per heavy atom. The van der Waals surface area contributed by atoms with Gasteiger partial charge in [0.15, 0.2) is 0 Å². The first-order chi connectivity index (χ1) is 13.7. The number of aryl methyl sites for hydroxylation is 1. The predicted octanol–water partition coefficient (Wildman–Crippen LogP) is 4.71. The Morgan fingerprint density at radius 2 is 1.75 bits per heavy atom. The minimum atomic E-state index is 0.127. The van der Waals surface area contributed by atoms with Gasteiger partial charge in [0.05, 0.1) is 0 Å². The number of hydrogen-bond donors (Lipinski definition) is 0. The zero-order chi connectivity index (χ0) is 19.3. The fourth-order valence-electron chi connectivity index (χ4n) is 3.28. The number of amides is 1. The molecule has 0 saturated carbocycles. The average molecular weight is 410 g/mol. The van der Waals surface area contributed by atoms with E-state index in [1.54, 1.807) is 23.1 Å².